The van der Waals surface area contributed by atoms with Gasteiger partial charge in [0.1, 0.15) is 0 Å². The van der Waals surface area contributed by atoms with Crippen LogP contribution in [0.1, 0.15) is 20.7 Å². The van der Waals surface area contributed by atoms with Gasteiger partial charge in [-0.1, -0.05) is 0 Å². The van der Waals surface area contributed by atoms with E-state index in [4.69, 9.17) is 16.0 Å². The van der Waals surface area contributed by atoms with Crippen molar-refractivity contribution in [2.75, 3.05) is 12.4 Å². The topological polar surface area (TPSA) is 68.5 Å². The number of hydrogen-bond donors (Lipinski definition) is 1. The summed E-state index contributed by atoms with van der Waals surface area (Å²) in [6.07, 6.45) is 1.33. The Bertz CT molecular complexity index is 603. The van der Waals surface area contributed by atoms with Gasteiger partial charge >= 0.3 is 5.97 Å². The summed E-state index contributed by atoms with van der Waals surface area (Å²) in [6.45, 7) is 0. The monoisotopic (exact) mass is 279 g/mol. The number of furan rings is 1. The lowest BCUT2D eigenvalue weighted by Gasteiger charge is -2.05. The molecular weight excluding hydrogens is 270 g/mol. The van der Waals surface area contributed by atoms with E-state index in [0.717, 1.165) is 0 Å². The Labute approximate surface area is 114 Å². The number of amides is 1. The molecule has 0 aliphatic rings. The average molecular weight is 280 g/mol. The molecule has 0 unspecified atom stereocenters. The summed E-state index contributed by atoms with van der Waals surface area (Å²) in [4.78, 5) is 23.1. The summed E-state index contributed by atoms with van der Waals surface area (Å²) in [5, 5.41) is 2.66. The van der Waals surface area contributed by atoms with Crippen molar-refractivity contribution in [3.8, 4) is 0 Å². The van der Waals surface area contributed by atoms with Crippen molar-refractivity contribution in [2.24, 2.45) is 0 Å². The predicted molar refractivity (Wildman–Crippen MR) is 69.5 cm³/mol. The molecule has 2 rings (SSSR count). The van der Waals surface area contributed by atoms with Crippen LogP contribution in [0.5, 0.6) is 0 Å². The van der Waals surface area contributed by atoms with Crippen molar-refractivity contribution >= 4 is 29.2 Å². The molecule has 0 radical (unpaired) electrons. The second-order valence-corrected chi connectivity index (χ2v) is 3.97. The number of ether oxygens (including phenoxy) is 1. The van der Waals surface area contributed by atoms with Crippen LogP contribution in [0.15, 0.2) is 41.0 Å². The van der Waals surface area contributed by atoms with Crippen LogP contribution in [0, 0.1) is 0 Å². The number of hydrogen-bond acceptors (Lipinski definition) is 4. The van der Waals surface area contributed by atoms with Crippen molar-refractivity contribution in [1.82, 2.24) is 0 Å². The molecule has 19 heavy (non-hydrogen) atoms. The van der Waals surface area contributed by atoms with E-state index in [-0.39, 0.29) is 16.7 Å². The van der Waals surface area contributed by atoms with Gasteiger partial charge in [0.15, 0.2) is 0 Å². The number of carbonyl (C=O) groups excluding carboxylic acids is 2. The summed E-state index contributed by atoms with van der Waals surface area (Å²) < 4.78 is 9.41. The van der Waals surface area contributed by atoms with Gasteiger partial charge in [0.2, 0.25) is 5.22 Å². The molecular formula is C13H10ClNO4. The van der Waals surface area contributed by atoms with Gasteiger partial charge < -0.3 is 14.5 Å². The van der Waals surface area contributed by atoms with Crippen molar-refractivity contribution in [3.63, 3.8) is 0 Å². The zero-order chi connectivity index (χ0) is 13.8. The molecule has 1 aromatic carbocycles. The number of anilines is 1. The fourth-order valence-electron chi connectivity index (χ4n) is 1.46. The first kappa shape index (κ1) is 13.2. The highest BCUT2D eigenvalue weighted by molar-refractivity contribution is 6.32. The molecule has 98 valence electrons. The zero-order valence-corrected chi connectivity index (χ0v) is 10.7. The molecule has 2 aromatic rings. The Morgan fingerprint density at radius 2 is 1.89 bits per heavy atom. The highest BCUT2D eigenvalue weighted by Crippen LogP contribution is 2.18. The van der Waals surface area contributed by atoms with Gasteiger partial charge in [-0.15, -0.1) is 0 Å². The number of benzene rings is 1. The minimum Gasteiger partial charge on any atom is -0.465 e. The van der Waals surface area contributed by atoms with E-state index in [2.05, 4.69) is 10.1 Å². The summed E-state index contributed by atoms with van der Waals surface area (Å²) in [5.41, 5.74) is 1.19. The third-order valence-corrected chi connectivity index (χ3v) is 2.72. The van der Waals surface area contributed by atoms with Crippen molar-refractivity contribution < 1.29 is 18.7 Å². The van der Waals surface area contributed by atoms with Crippen LogP contribution in [0.2, 0.25) is 5.22 Å². The molecule has 5 nitrogen and oxygen atoms in total. The minimum atomic E-state index is -0.434. The Morgan fingerprint density at radius 1 is 1.21 bits per heavy atom. The highest BCUT2D eigenvalue weighted by atomic mass is 35.5. The second kappa shape index (κ2) is 5.58. The van der Waals surface area contributed by atoms with Crippen LogP contribution in [0.4, 0.5) is 5.69 Å². The minimum absolute atomic E-state index is 0.0312. The highest BCUT2D eigenvalue weighted by Gasteiger charge is 2.13. The molecule has 1 amide bonds. The van der Waals surface area contributed by atoms with Crippen LogP contribution < -0.4 is 5.32 Å². The number of methoxy groups -OCH3 is 1. The molecule has 1 N–H and O–H groups in total. The molecule has 1 aromatic heterocycles. The molecule has 0 atom stereocenters. The summed E-state index contributed by atoms with van der Waals surface area (Å²) >= 11 is 5.70. The first-order valence-electron chi connectivity index (χ1n) is 5.34. The van der Waals surface area contributed by atoms with Gasteiger partial charge in [0, 0.05) is 5.69 Å². The van der Waals surface area contributed by atoms with E-state index < -0.39 is 5.97 Å². The lowest BCUT2D eigenvalue weighted by atomic mass is 10.2. The lowest BCUT2D eigenvalue weighted by molar-refractivity contribution is 0.0600. The van der Waals surface area contributed by atoms with Crippen LogP contribution >= 0.6 is 11.6 Å². The van der Waals surface area contributed by atoms with Gasteiger partial charge in [0.25, 0.3) is 5.91 Å². The zero-order valence-electron chi connectivity index (χ0n) is 9.98. The van der Waals surface area contributed by atoms with Crippen LogP contribution in [0.25, 0.3) is 0 Å². The SMILES string of the molecule is COC(=O)c1ccc(NC(=O)c2ccoc2Cl)cc1. The first-order valence-corrected chi connectivity index (χ1v) is 5.72. The third-order valence-electron chi connectivity index (χ3n) is 2.43. The number of esters is 1. The molecule has 0 fully saturated rings. The van der Waals surface area contributed by atoms with Crippen molar-refractivity contribution in [2.45, 2.75) is 0 Å². The van der Waals surface area contributed by atoms with Crippen molar-refractivity contribution in [3.05, 3.63) is 52.9 Å². The maximum atomic E-state index is 11.8. The van der Waals surface area contributed by atoms with E-state index >= 15 is 0 Å². The van der Waals surface area contributed by atoms with Crippen LogP contribution in [-0.2, 0) is 4.74 Å². The summed E-state index contributed by atoms with van der Waals surface area (Å²) in [6, 6.07) is 7.77. The number of rotatable bonds is 3. The molecule has 0 aliphatic heterocycles. The Balaban J connectivity index is 2.10. The van der Waals surface area contributed by atoms with Crippen LogP contribution in [0.3, 0.4) is 0 Å². The molecule has 0 bridgehead atoms. The maximum Gasteiger partial charge on any atom is 0.337 e. The van der Waals surface area contributed by atoms with E-state index in [0.29, 0.717) is 11.3 Å². The third kappa shape index (κ3) is 2.95. The average Bonchev–Trinajstić information content (AvgIpc) is 2.85. The number of nitrogens with one attached hydrogen (secondary N) is 1. The quantitative estimate of drug-likeness (QED) is 0.877. The molecule has 0 saturated heterocycles. The Hall–Kier alpha value is -2.27. The predicted octanol–water partition coefficient (Wildman–Crippen LogP) is 2.97. The maximum absolute atomic E-state index is 11.8. The standard InChI is InChI=1S/C13H10ClNO4/c1-18-13(17)8-2-4-9(5-3-8)15-12(16)10-6-7-19-11(10)14/h2-7H,1H3,(H,15,16). The first-order chi connectivity index (χ1) is 9.11. The smallest absolute Gasteiger partial charge is 0.337 e. The lowest BCUT2D eigenvalue weighted by Crippen LogP contribution is -2.11. The molecule has 1 heterocycles. The largest absolute Gasteiger partial charge is 0.465 e. The second-order valence-electron chi connectivity index (χ2n) is 3.63. The fourth-order valence-corrected chi connectivity index (χ4v) is 1.66. The van der Waals surface area contributed by atoms with E-state index in [1.54, 1.807) is 24.3 Å². The van der Waals surface area contributed by atoms with E-state index in [9.17, 15) is 9.59 Å². The van der Waals surface area contributed by atoms with E-state index in [1.807, 2.05) is 0 Å². The molecule has 0 aliphatic carbocycles. The fraction of sp³-hybridized carbons (Fsp3) is 0.0769. The van der Waals surface area contributed by atoms with Gasteiger partial charge in [-0.2, -0.15) is 0 Å². The van der Waals surface area contributed by atoms with Gasteiger partial charge in [-0.3, -0.25) is 4.79 Å². The summed E-state index contributed by atoms with van der Waals surface area (Å²) in [5.74, 6) is -0.819. The van der Waals surface area contributed by atoms with Gasteiger partial charge in [-0.25, -0.2) is 4.79 Å². The molecule has 0 saturated carbocycles. The molecule has 0 spiro atoms. The number of halogens is 1. The Morgan fingerprint density at radius 3 is 2.42 bits per heavy atom. The van der Waals surface area contributed by atoms with Crippen LogP contribution in [-0.4, -0.2) is 19.0 Å². The normalized spacial score (nSPS) is 10.0. The van der Waals surface area contributed by atoms with Gasteiger partial charge in [-0.05, 0) is 41.9 Å². The van der Waals surface area contributed by atoms with E-state index in [1.165, 1.54) is 19.4 Å². The van der Waals surface area contributed by atoms with Crippen molar-refractivity contribution in [1.29, 1.82) is 0 Å². The summed E-state index contributed by atoms with van der Waals surface area (Å²) in [7, 11) is 1.30. The van der Waals surface area contributed by atoms with Gasteiger partial charge in [0.05, 0.1) is 24.5 Å². The Kier molecular flexibility index (Phi) is 3.87. The molecule has 6 heteroatoms. The number of carbonyl (C=O) groups is 2.